The molecule has 100 valence electrons. The fraction of sp³-hybridized carbons (Fsp3) is 0.600. The van der Waals surface area contributed by atoms with Crippen molar-refractivity contribution in [1.29, 1.82) is 0 Å². The summed E-state index contributed by atoms with van der Waals surface area (Å²) in [6.07, 6.45) is 2.26. The Hall–Kier alpha value is -0.570. The van der Waals surface area contributed by atoms with Crippen LogP contribution in [0.1, 0.15) is 32.3 Å². The molecular formula is C15H21ClO2. The van der Waals surface area contributed by atoms with E-state index in [0.717, 1.165) is 10.6 Å². The summed E-state index contributed by atoms with van der Waals surface area (Å²) in [5, 5.41) is 11.4. The Morgan fingerprint density at radius 2 is 2.06 bits per heavy atom. The van der Waals surface area contributed by atoms with Gasteiger partial charge in [0.2, 0.25) is 0 Å². The predicted octanol–water partition coefficient (Wildman–Crippen LogP) is 3.45. The van der Waals surface area contributed by atoms with Crippen molar-refractivity contribution in [2.24, 2.45) is 5.92 Å². The number of benzene rings is 1. The molecule has 3 heteroatoms. The molecule has 1 aromatic rings. The van der Waals surface area contributed by atoms with Crippen LogP contribution in [0.25, 0.3) is 0 Å². The summed E-state index contributed by atoms with van der Waals surface area (Å²) in [4.78, 5) is 0. The van der Waals surface area contributed by atoms with E-state index in [0.29, 0.717) is 31.8 Å². The van der Waals surface area contributed by atoms with Gasteiger partial charge in [-0.3, -0.25) is 0 Å². The van der Waals surface area contributed by atoms with Crippen LogP contribution in [0, 0.1) is 5.92 Å². The Morgan fingerprint density at radius 1 is 1.39 bits per heavy atom. The highest BCUT2D eigenvalue weighted by atomic mass is 35.5. The lowest BCUT2D eigenvalue weighted by Crippen LogP contribution is -2.44. The molecule has 0 aliphatic carbocycles. The first-order chi connectivity index (χ1) is 8.48. The van der Waals surface area contributed by atoms with Crippen LogP contribution in [0.5, 0.6) is 0 Å². The molecule has 2 nitrogen and oxygen atoms in total. The molecule has 2 unspecified atom stereocenters. The van der Waals surface area contributed by atoms with E-state index in [9.17, 15) is 5.11 Å². The highest BCUT2D eigenvalue weighted by molar-refractivity contribution is 6.30. The zero-order valence-electron chi connectivity index (χ0n) is 11.0. The molecule has 1 aromatic carbocycles. The standard InChI is InChI=1S/C15H21ClO2/c1-11(2)14-10-15(17,7-8-18-14)9-12-3-5-13(16)6-4-12/h3-6,11,14,17H,7-10H2,1-2H3. The van der Waals surface area contributed by atoms with Crippen LogP contribution in [0.15, 0.2) is 24.3 Å². The van der Waals surface area contributed by atoms with Crippen molar-refractivity contribution in [3.63, 3.8) is 0 Å². The van der Waals surface area contributed by atoms with Crippen LogP contribution in [0.3, 0.4) is 0 Å². The van der Waals surface area contributed by atoms with Gasteiger partial charge >= 0.3 is 0 Å². The number of ether oxygens (including phenoxy) is 1. The maximum Gasteiger partial charge on any atom is 0.0734 e. The van der Waals surface area contributed by atoms with Gasteiger partial charge in [-0.1, -0.05) is 37.6 Å². The molecule has 1 saturated heterocycles. The first-order valence-corrected chi connectivity index (χ1v) is 6.95. The minimum atomic E-state index is -0.638. The Balaban J connectivity index is 2.04. The summed E-state index contributed by atoms with van der Waals surface area (Å²) in [5.41, 5.74) is 0.493. The van der Waals surface area contributed by atoms with Gasteiger partial charge in [-0.2, -0.15) is 0 Å². The van der Waals surface area contributed by atoms with Crippen molar-refractivity contribution >= 4 is 11.6 Å². The van der Waals surface area contributed by atoms with Gasteiger partial charge in [0.15, 0.2) is 0 Å². The van der Waals surface area contributed by atoms with Crippen molar-refractivity contribution in [1.82, 2.24) is 0 Å². The van der Waals surface area contributed by atoms with Gasteiger partial charge in [-0.05, 0) is 30.0 Å². The Kier molecular flexibility index (Phi) is 4.31. The molecule has 2 rings (SSSR count). The Morgan fingerprint density at radius 3 is 2.67 bits per heavy atom. The highest BCUT2D eigenvalue weighted by Crippen LogP contribution is 2.31. The topological polar surface area (TPSA) is 29.5 Å². The third kappa shape index (κ3) is 3.47. The molecule has 0 bridgehead atoms. The van der Waals surface area contributed by atoms with Crippen LogP contribution in [-0.4, -0.2) is 23.4 Å². The van der Waals surface area contributed by atoms with E-state index in [-0.39, 0.29) is 6.10 Å². The Labute approximate surface area is 114 Å². The van der Waals surface area contributed by atoms with Gasteiger partial charge in [0.25, 0.3) is 0 Å². The number of halogens is 1. The summed E-state index contributed by atoms with van der Waals surface area (Å²) in [7, 11) is 0. The normalized spacial score (nSPS) is 28.6. The van der Waals surface area contributed by atoms with E-state index in [1.807, 2.05) is 24.3 Å². The number of rotatable bonds is 3. The average molecular weight is 269 g/mol. The maximum atomic E-state index is 10.7. The lowest BCUT2D eigenvalue weighted by atomic mass is 9.82. The second-order valence-electron chi connectivity index (χ2n) is 5.63. The monoisotopic (exact) mass is 268 g/mol. The molecule has 0 saturated carbocycles. The first kappa shape index (κ1) is 13.9. The van der Waals surface area contributed by atoms with Crippen molar-refractivity contribution in [3.05, 3.63) is 34.9 Å². The van der Waals surface area contributed by atoms with Gasteiger partial charge in [0.1, 0.15) is 0 Å². The van der Waals surface area contributed by atoms with Crippen molar-refractivity contribution in [3.8, 4) is 0 Å². The quantitative estimate of drug-likeness (QED) is 0.910. The molecule has 0 spiro atoms. The average Bonchev–Trinajstić information content (AvgIpc) is 2.32. The second kappa shape index (κ2) is 5.60. The second-order valence-corrected chi connectivity index (χ2v) is 6.07. The van der Waals surface area contributed by atoms with Gasteiger partial charge in [-0.15, -0.1) is 0 Å². The minimum absolute atomic E-state index is 0.163. The summed E-state index contributed by atoms with van der Waals surface area (Å²) < 4.78 is 5.71. The third-order valence-electron chi connectivity index (χ3n) is 3.67. The van der Waals surface area contributed by atoms with E-state index in [1.165, 1.54) is 0 Å². The molecule has 1 aliphatic rings. The summed E-state index contributed by atoms with van der Waals surface area (Å²) in [6.45, 7) is 4.92. The maximum absolute atomic E-state index is 10.7. The zero-order chi connectivity index (χ0) is 13.2. The molecule has 0 aromatic heterocycles. The van der Waals surface area contributed by atoms with Crippen LogP contribution >= 0.6 is 11.6 Å². The lowest BCUT2D eigenvalue weighted by Gasteiger charge is -2.38. The Bertz CT molecular complexity index is 388. The fourth-order valence-corrected chi connectivity index (χ4v) is 2.63. The van der Waals surface area contributed by atoms with Crippen LogP contribution < -0.4 is 0 Å². The van der Waals surface area contributed by atoms with Gasteiger partial charge < -0.3 is 9.84 Å². The lowest BCUT2D eigenvalue weighted by molar-refractivity contribution is -0.116. The SMILES string of the molecule is CC(C)C1CC(O)(Cc2ccc(Cl)cc2)CCO1. The molecular weight excluding hydrogens is 248 g/mol. The summed E-state index contributed by atoms with van der Waals surface area (Å²) in [5.74, 6) is 0.446. The van der Waals surface area contributed by atoms with Crippen LogP contribution in [0.4, 0.5) is 0 Å². The summed E-state index contributed by atoms with van der Waals surface area (Å²) in [6, 6.07) is 7.72. The van der Waals surface area contributed by atoms with E-state index in [1.54, 1.807) is 0 Å². The molecule has 18 heavy (non-hydrogen) atoms. The van der Waals surface area contributed by atoms with E-state index < -0.39 is 5.60 Å². The van der Waals surface area contributed by atoms with E-state index in [2.05, 4.69) is 13.8 Å². The first-order valence-electron chi connectivity index (χ1n) is 6.57. The molecule has 1 heterocycles. The molecule has 1 N–H and O–H groups in total. The fourth-order valence-electron chi connectivity index (χ4n) is 2.51. The van der Waals surface area contributed by atoms with Crippen molar-refractivity contribution < 1.29 is 9.84 Å². The van der Waals surface area contributed by atoms with E-state index in [4.69, 9.17) is 16.3 Å². The van der Waals surface area contributed by atoms with Gasteiger partial charge in [0, 0.05) is 24.5 Å². The van der Waals surface area contributed by atoms with E-state index >= 15 is 0 Å². The van der Waals surface area contributed by atoms with Gasteiger partial charge in [-0.25, -0.2) is 0 Å². The molecule has 0 radical (unpaired) electrons. The third-order valence-corrected chi connectivity index (χ3v) is 3.92. The smallest absolute Gasteiger partial charge is 0.0734 e. The highest BCUT2D eigenvalue weighted by Gasteiger charge is 2.36. The minimum Gasteiger partial charge on any atom is -0.389 e. The largest absolute Gasteiger partial charge is 0.389 e. The molecule has 1 aliphatic heterocycles. The summed E-state index contributed by atoms with van der Waals surface area (Å²) >= 11 is 5.87. The number of hydrogen-bond acceptors (Lipinski definition) is 2. The van der Waals surface area contributed by atoms with Gasteiger partial charge in [0.05, 0.1) is 11.7 Å². The van der Waals surface area contributed by atoms with Crippen molar-refractivity contribution in [2.75, 3.05) is 6.61 Å². The predicted molar refractivity (Wildman–Crippen MR) is 73.9 cm³/mol. The van der Waals surface area contributed by atoms with Crippen LogP contribution in [-0.2, 0) is 11.2 Å². The molecule has 2 atom stereocenters. The number of aliphatic hydroxyl groups is 1. The number of hydrogen-bond donors (Lipinski definition) is 1. The molecule has 1 fully saturated rings. The van der Waals surface area contributed by atoms with Crippen LogP contribution in [0.2, 0.25) is 5.02 Å². The zero-order valence-corrected chi connectivity index (χ0v) is 11.8. The van der Waals surface area contributed by atoms with Crippen molar-refractivity contribution in [2.45, 2.75) is 44.8 Å². The molecule has 0 amide bonds.